The van der Waals surface area contributed by atoms with Crippen LogP contribution in [0.25, 0.3) is 11.0 Å². The van der Waals surface area contributed by atoms with Gasteiger partial charge < -0.3 is 9.15 Å². The number of hydrazine groups is 1. The molecule has 0 atom stereocenters. The Bertz CT molecular complexity index is 1020. The van der Waals surface area contributed by atoms with E-state index in [1.807, 2.05) is 18.2 Å². The second kappa shape index (κ2) is 8.26. The molecule has 3 N–H and O–H groups in total. The van der Waals surface area contributed by atoms with Gasteiger partial charge in [-0.1, -0.05) is 18.2 Å². The number of amides is 3. The smallest absolute Gasteiger partial charge is 0.411 e. The van der Waals surface area contributed by atoms with Crippen molar-refractivity contribution < 1.29 is 23.5 Å². The average molecular weight is 381 g/mol. The van der Waals surface area contributed by atoms with Crippen LogP contribution in [0.2, 0.25) is 0 Å². The third-order valence-corrected chi connectivity index (χ3v) is 4.01. The summed E-state index contributed by atoms with van der Waals surface area (Å²) in [5, 5.41) is 3.36. The molecule has 8 heteroatoms. The fourth-order valence-electron chi connectivity index (χ4n) is 2.62. The maximum absolute atomic E-state index is 12.3. The SMILES string of the molecule is CCOC(=O)Nc1ccc(C(=O)NNC(=O)c2oc3ccccc3c2C)cc1. The van der Waals surface area contributed by atoms with Crippen LogP contribution in [-0.2, 0) is 4.74 Å². The van der Waals surface area contributed by atoms with Crippen LogP contribution in [0.1, 0.15) is 33.4 Å². The molecule has 144 valence electrons. The molecular formula is C20H19N3O5. The van der Waals surface area contributed by atoms with Gasteiger partial charge in [-0.25, -0.2) is 4.79 Å². The largest absolute Gasteiger partial charge is 0.451 e. The van der Waals surface area contributed by atoms with Crippen LogP contribution in [0.5, 0.6) is 0 Å². The molecule has 0 saturated heterocycles. The van der Waals surface area contributed by atoms with Crippen LogP contribution in [0.4, 0.5) is 10.5 Å². The summed E-state index contributed by atoms with van der Waals surface area (Å²) in [6.07, 6.45) is -0.576. The molecule has 0 bridgehead atoms. The van der Waals surface area contributed by atoms with Crippen molar-refractivity contribution in [1.82, 2.24) is 10.9 Å². The van der Waals surface area contributed by atoms with E-state index < -0.39 is 17.9 Å². The molecule has 2 aromatic carbocycles. The highest BCUT2D eigenvalue weighted by atomic mass is 16.5. The maximum atomic E-state index is 12.3. The summed E-state index contributed by atoms with van der Waals surface area (Å²) in [7, 11) is 0. The topological polar surface area (TPSA) is 110 Å². The second-order valence-electron chi connectivity index (χ2n) is 5.88. The van der Waals surface area contributed by atoms with Gasteiger partial charge >= 0.3 is 12.0 Å². The first-order valence-electron chi connectivity index (χ1n) is 8.62. The molecular weight excluding hydrogens is 362 g/mol. The van der Waals surface area contributed by atoms with E-state index in [0.717, 1.165) is 5.39 Å². The van der Waals surface area contributed by atoms with Gasteiger partial charge in [0.2, 0.25) is 0 Å². The molecule has 0 aliphatic rings. The fourth-order valence-corrected chi connectivity index (χ4v) is 2.62. The minimum Gasteiger partial charge on any atom is -0.451 e. The van der Waals surface area contributed by atoms with Crippen LogP contribution in [-0.4, -0.2) is 24.5 Å². The van der Waals surface area contributed by atoms with Gasteiger partial charge in [0.15, 0.2) is 5.76 Å². The summed E-state index contributed by atoms with van der Waals surface area (Å²) in [4.78, 5) is 35.9. The number of ether oxygens (including phenoxy) is 1. The lowest BCUT2D eigenvalue weighted by atomic mass is 10.1. The van der Waals surface area contributed by atoms with E-state index in [1.165, 1.54) is 12.1 Å². The first kappa shape index (κ1) is 19.0. The Kier molecular flexibility index (Phi) is 5.59. The number of furan rings is 1. The number of aryl methyl sites for hydroxylation is 1. The Morgan fingerprint density at radius 3 is 2.32 bits per heavy atom. The Labute approximate surface area is 160 Å². The van der Waals surface area contributed by atoms with Gasteiger partial charge in [-0.15, -0.1) is 0 Å². The Balaban J connectivity index is 1.61. The monoisotopic (exact) mass is 381 g/mol. The molecule has 28 heavy (non-hydrogen) atoms. The zero-order chi connectivity index (χ0) is 20.1. The number of para-hydroxylation sites is 1. The number of hydrogen-bond donors (Lipinski definition) is 3. The van der Waals surface area contributed by atoms with Crippen molar-refractivity contribution in [3.05, 3.63) is 65.4 Å². The molecule has 1 heterocycles. The van der Waals surface area contributed by atoms with E-state index in [2.05, 4.69) is 16.2 Å². The highest BCUT2D eigenvalue weighted by Crippen LogP contribution is 2.24. The third-order valence-electron chi connectivity index (χ3n) is 4.01. The van der Waals surface area contributed by atoms with Crippen LogP contribution in [0.3, 0.4) is 0 Å². The maximum Gasteiger partial charge on any atom is 0.411 e. The zero-order valence-corrected chi connectivity index (χ0v) is 15.4. The Morgan fingerprint density at radius 1 is 0.964 bits per heavy atom. The number of anilines is 1. The molecule has 1 aromatic heterocycles. The third kappa shape index (κ3) is 4.12. The summed E-state index contributed by atoms with van der Waals surface area (Å²) in [5.74, 6) is -0.928. The number of hydrogen-bond acceptors (Lipinski definition) is 5. The van der Waals surface area contributed by atoms with Gasteiger partial charge in [-0.05, 0) is 44.2 Å². The lowest BCUT2D eigenvalue weighted by Crippen LogP contribution is -2.41. The number of nitrogens with one attached hydrogen (secondary N) is 3. The first-order chi connectivity index (χ1) is 13.5. The van der Waals surface area contributed by atoms with Crippen molar-refractivity contribution in [2.45, 2.75) is 13.8 Å². The van der Waals surface area contributed by atoms with E-state index in [9.17, 15) is 14.4 Å². The van der Waals surface area contributed by atoms with E-state index in [0.29, 0.717) is 22.4 Å². The van der Waals surface area contributed by atoms with Gasteiger partial charge in [-0.3, -0.25) is 25.8 Å². The average Bonchev–Trinajstić information content (AvgIpc) is 3.03. The van der Waals surface area contributed by atoms with Gasteiger partial charge in [-0.2, -0.15) is 0 Å². The minimum atomic E-state index is -0.576. The number of benzene rings is 2. The second-order valence-corrected chi connectivity index (χ2v) is 5.88. The molecule has 3 aromatic rings. The summed E-state index contributed by atoms with van der Waals surface area (Å²) >= 11 is 0. The van der Waals surface area contributed by atoms with Crippen LogP contribution in [0.15, 0.2) is 52.9 Å². The van der Waals surface area contributed by atoms with E-state index in [1.54, 1.807) is 32.0 Å². The van der Waals surface area contributed by atoms with Crippen LogP contribution >= 0.6 is 0 Å². The van der Waals surface area contributed by atoms with Crippen molar-refractivity contribution in [3.63, 3.8) is 0 Å². The van der Waals surface area contributed by atoms with Gasteiger partial charge in [0.05, 0.1) is 6.61 Å². The van der Waals surface area contributed by atoms with Crippen molar-refractivity contribution in [2.75, 3.05) is 11.9 Å². The summed E-state index contributed by atoms with van der Waals surface area (Å²) in [6, 6.07) is 13.4. The zero-order valence-electron chi connectivity index (χ0n) is 15.4. The predicted octanol–water partition coefficient (Wildman–Crippen LogP) is 3.38. The molecule has 8 nitrogen and oxygen atoms in total. The Morgan fingerprint density at radius 2 is 1.64 bits per heavy atom. The molecule has 0 fully saturated rings. The van der Waals surface area contributed by atoms with E-state index >= 15 is 0 Å². The number of fused-ring (bicyclic) bond motifs is 1. The van der Waals surface area contributed by atoms with Gasteiger partial charge in [0, 0.05) is 22.2 Å². The molecule has 0 saturated carbocycles. The highest BCUT2D eigenvalue weighted by Gasteiger charge is 2.18. The fraction of sp³-hybridized carbons (Fsp3) is 0.150. The van der Waals surface area contributed by atoms with Crippen LogP contribution < -0.4 is 16.2 Å². The van der Waals surface area contributed by atoms with E-state index in [4.69, 9.17) is 9.15 Å². The lowest BCUT2D eigenvalue weighted by Gasteiger charge is -2.08. The lowest BCUT2D eigenvalue weighted by molar-refractivity contribution is 0.0831. The van der Waals surface area contributed by atoms with E-state index in [-0.39, 0.29) is 12.4 Å². The van der Waals surface area contributed by atoms with Gasteiger partial charge in [0.1, 0.15) is 5.58 Å². The minimum absolute atomic E-state index is 0.135. The normalized spacial score (nSPS) is 10.4. The van der Waals surface area contributed by atoms with Crippen LogP contribution in [0, 0.1) is 6.92 Å². The number of carbonyl (C=O) groups is 3. The molecule has 0 aliphatic carbocycles. The number of rotatable bonds is 4. The summed E-state index contributed by atoms with van der Waals surface area (Å²) in [5.41, 5.74) is 6.75. The van der Waals surface area contributed by atoms with Crippen molar-refractivity contribution >= 4 is 34.6 Å². The molecule has 0 aliphatic heterocycles. The first-order valence-corrected chi connectivity index (χ1v) is 8.62. The molecule has 0 unspecified atom stereocenters. The van der Waals surface area contributed by atoms with Crippen molar-refractivity contribution in [1.29, 1.82) is 0 Å². The quantitative estimate of drug-likeness (QED) is 0.600. The summed E-state index contributed by atoms with van der Waals surface area (Å²) < 4.78 is 10.3. The molecule has 3 amide bonds. The van der Waals surface area contributed by atoms with Gasteiger partial charge in [0.25, 0.3) is 5.91 Å². The number of carbonyl (C=O) groups excluding carboxylic acids is 3. The molecule has 0 spiro atoms. The Hall–Kier alpha value is -3.81. The molecule has 0 radical (unpaired) electrons. The molecule has 3 rings (SSSR count). The van der Waals surface area contributed by atoms with Crippen molar-refractivity contribution in [2.24, 2.45) is 0 Å². The standard InChI is InChI=1S/C20H19N3O5/c1-3-27-20(26)21-14-10-8-13(9-11-14)18(24)22-23-19(25)17-12(2)15-6-4-5-7-16(15)28-17/h4-11H,3H2,1-2H3,(H,21,26)(H,22,24)(H,23,25). The van der Waals surface area contributed by atoms with Crippen molar-refractivity contribution in [3.8, 4) is 0 Å². The predicted molar refractivity (Wildman–Crippen MR) is 103 cm³/mol. The summed E-state index contributed by atoms with van der Waals surface area (Å²) in [6.45, 7) is 3.74. The highest BCUT2D eigenvalue weighted by molar-refractivity contribution is 6.01.